The fourth-order valence-corrected chi connectivity index (χ4v) is 0.945. The summed E-state index contributed by atoms with van der Waals surface area (Å²) < 4.78 is 0. The third kappa shape index (κ3) is 2.86. The van der Waals surface area contributed by atoms with E-state index in [0.717, 1.165) is 4.90 Å². The van der Waals surface area contributed by atoms with Crippen LogP contribution in [-0.2, 0) is 9.59 Å². The van der Waals surface area contributed by atoms with Crippen LogP contribution in [0.2, 0.25) is 0 Å². The predicted molar refractivity (Wildman–Crippen MR) is 41.8 cm³/mol. The molecule has 0 aromatic rings. The molecule has 0 aliphatic carbocycles. The molecule has 9 nitrogen and oxygen atoms in total. The molecule has 1 rings (SSSR count). The fourth-order valence-electron chi connectivity index (χ4n) is 0.945. The lowest BCUT2D eigenvalue weighted by Gasteiger charge is -2.23. The molecule has 78 valence electrons. The summed E-state index contributed by atoms with van der Waals surface area (Å²) in [5.41, 5.74) is 4.83. The first-order chi connectivity index (χ1) is 6.59. The number of nitrogens with zero attached hydrogens (tertiary/aromatic N) is 3. The van der Waals surface area contributed by atoms with Crippen LogP contribution in [-0.4, -0.2) is 46.4 Å². The van der Waals surface area contributed by atoms with E-state index >= 15 is 0 Å². The lowest BCUT2D eigenvalue weighted by molar-refractivity contribution is -0.143. The maximum Gasteiger partial charge on any atom is 0.317 e. The van der Waals surface area contributed by atoms with E-state index < -0.39 is 31.3 Å². The smallest absolute Gasteiger partial charge is 0.317 e. The van der Waals surface area contributed by atoms with E-state index in [1.807, 2.05) is 0 Å². The molecular weight excluding hydrogens is 194 g/mol. The highest BCUT2D eigenvalue weighted by atomic mass is 16.4. The third-order valence-corrected chi connectivity index (χ3v) is 1.45. The number of carboxylic acid groups (broad SMARTS) is 2. The molecular formula is C5H9N5O4. The second-order valence-corrected chi connectivity index (χ2v) is 2.55. The van der Waals surface area contributed by atoms with Crippen molar-refractivity contribution in [1.82, 2.24) is 15.8 Å². The number of carboxylic acids is 2. The Balaban J connectivity index is 2.51. The molecule has 0 aromatic heterocycles. The summed E-state index contributed by atoms with van der Waals surface area (Å²) in [4.78, 5) is 21.9. The molecule has 0 amide bonds. The third-order valence-electron chi connectivity index (χ3n) is 1.45. The maximum atomic E-state index is 10.4. The molecule has 0 spiro atoms. The van der Waals surface area contributed by atoms with Crippen LogP contribution in [0, 0.1) is 0 Å². The molecule has 1 aliphatic rings. The van der Waals surface area contributed by atoms with Crippen molar-refractivity contribution in [3.63, 3.8) is 0 Å². The molecule has 0 radical (unpaired) electrons. The highest BCUT2D eigenvalue weighted by molar-refractivity contribution is 5.72. The minimum Gasteiger partial charge on any atom is -0.480 e. The van der Waals surface area contributed by atoms with Crippen LogP contribution in [0.4, 0.5) is 0 Å². The number of aliphatic carboxylic acids is 2. The average molecular weight is 203 g/mol. The number of hydrogen-bond donors (Lipinski definition) is 4. The van der Waals surface area contributed by atoms with Crippen molar-refractivity contribution < 1.29 is 19.8 Å². The van der Waals surface area contributed by atoms with Crippen molar-refractivity contribution >= 4 is 11.9 Å². The van der Waals surface area contributed by atoms with Gasteiger partial charge in [0.1, 0.15) is 13.1 Å². The number of rotatable bonds is 5. The Morgan fingerprint density at radius 3 is 1.93 bits per heavy atom. The van der Waals surface area contributed by atoms with Gasteiger partial charge in [-0.3, -0.25) is 20.4 Å². The van der Waals surface area contributed by atoms with Crippen LogP contribution in [0.15, 0.2) is 10.4 Å². The van der Waals surface area contributed by atoms with Gasteiger partial charge in [0.2, 0.25) is 0 Å². The fraction of sp³-hybridized carbons (Fsp3) is 0.600. The second-order valence-electron chi connectivity index (χ2n) is 2.55. The minimum absolute atomic E-state index is 0.415. The van der Waals surface area contributed by atoms with Crippen molar-refractivity contribution in [2.75, 3.05) is 13.1 Å². The minimum atomic E-state index is -1.12. The Labute approximate surface area is 78.4 Å². The highest BCUT2D eigenvalue weighted by Gasteiger charge is 2.24. The van der Waals surface area contributed by atoms with E-state index in [2.05, 4.69) is 21.3 Å². The van der Waals surface area contributed by atoms with Crippen LogP contribution >= 0.6 is 0 Å². The van der Waals surface area contributed by atoms with E-state index in [9.17, 15) is 9.59 Å². The van der Waals surface area contributed by atoms with Crippen LogP contribution in [0.5, 0.6) is 0 Å². The Morgan fingerprint density at radius 2 is 1.57 bits per heavy atom. The quantitative estimate of drug-likeness (QED) is 0.415. The molecule has 0 bridgehead atoms. The molecule has 1 heterocycles. The van der Waals surface area contributed by atoms with Crippen molar-refractivity contribution in [1.29, 1.82) is 0 Å². The second kappa shape index (κ2) is 4.37. The van der Waals surface area contributed by atoms with E-state index in [1.165, 1.54) is 0 Å². The summed E-state index contributed by atoms with van der Waals surface area (Å²) in [6.45, 7) is -0.829. The van der Waals surface area contributed by atoms with Gasteiger partial charge in [-0.05, 0) is 0 Å². The SMILES string of the molecule is O=C(O)CN(CC(=O)O)C1NN=NN1. The summed E-state index contributed by atoms with van der Waals surface area (Å²) in [5, 5.41) is 23.7. The van der Waals surface area contributed by atoms with Gasteiger partial charge in [-0.15, -0.1) is 0 Å². The van der Waals surface area contributed by atoms with Crippen LogP contribution < -0.4 is 10.9 Å². The molecule has 14 heavy (non-hydrogen) atoms. The van der Waals surface area contributed by atoms with E-state index in [1.54, 1.807) is 0 Å². The monoisotopic (exact) mass is 203 g/mol. The number of hydrogen-bond acceptors (Lipinski definition) is 7. The zero-order valence-electron chi connectivity index (χ0n) is 7.04. The van der Waals surface area contributed by atoms with Crippen LogP contribution in [0.25, 0.3) is 0 Å². The number of nitrogens with one attached hydrogen (secondary N) is 2. The van der Waals surface area contributed by atoms with Crippen molar-refractivity contribution in [3.05, 3.63) is 0 Å². The molecule has 0 aromatic carbocycles. The average Bonchev–Trinajstić information content (AvgIpc) is 2.52. The zero-order chi connectivity index (χ0) is 10.6. The lowest BCUT2D eigenvalue weighted by atomic mass is 10.4. The Kier molecular flexibility index (Phi) is 3.18. The Bertz CT molecular complexity index is 243. The topological polar surface area (TPSA) is 127 Å². The van der Waals surface area contributed by atoms with Gasteiger partial charge >= 0.3 is 11.9 Å². The van der Waals surface area contributed by atoms with E-state index in [4.69, 9.17) is 10.2 Å². The van der Waals surface area contributed by atoms with Crippen LogP contribution in [0.1, 0.15) is 0 Å². The first kappa shape index (κ1) is 10.2. The normalized spacial score (nSPS) is 15.2. The summed E-state index contributed by atoms with van der Waals surface area (Å²) in [5.74, 6) is -2.25. The van der Waals surface area contributed by atoms with Gasteiger partial charge < -0.3 is 10.2 Å². The first-order valence-electron chi connectivity index (χ1n) is 3.68. The van der Waals surface area contributed by atoms with E-state index in [-0.39, 0.29) is 0 Å². The number of carbonyl (C=O) groups is 2. The van der Waals surface area contributed by atoms with Gasteiger partial charge in [0, 0.05) is 0 Å². The summed E-state index contributed by atoms with van der Waals surface area (Å²) >= 11 is 0. The molecule has 9 heteroatoms. The van der Waals surface area contributed by atoms with Gasteiger partial charge in [0.05, 0.1) is 0 Å². The zero-order valence-corrected chi connectivity index (χ0v) is 7.04. The van der Waals surface area contributed by atoms with Crippen molar-refractivity contribution in [3.8, 4) is 0 Å². The van der Waals surface area contributed by atoms with Gasteiger partial charge in [-0.25, -0.2) is 4.90 Å². The highest BCUT2D eigenvalue weighted by Crippen LogP contribution is 1.97. The van der Waals surface area contributed by atoms with Crippen molar-refractivity contribution in [2.24, 2.45) is 10.4 Å². The molecule has 0 atom stereocenters. The maximum absolute atomic E-state index is 10.4. The van der Waals surface area contributed by atoms with Gasteiger partial charge in [-0.1, -0.05) is 10.4 Å². The largest absolute Gasteiger partial charge is 0.480 e. The summed E-state index contributed by atoms with van der Waals surface area (Å²) in [7, 11) is 0. The Morgan fingerprint density at radius 1 is 1.14 bits per heavy atom. The predicted octanol–water partition coefficient (Wildman–Crippen LogP) is -1.78. The molecule has 0 unspecified atom stereocenters. The van der Waals surface area contributed by atoms with Crippen molar-refractivity contribution in [2.45, 2.75) is 6.29 Å². The molecule has 4 N–H and O–H groups in total. The molecule has 1 aliphatic heterocycles. The van der Waals surface area contributed by atoms with Gasteiger partial charge in [0.15, 0.2) is 6.29 Å². The molecule has 0 saturated carbocycles. The van der Waals surface area contributed by atoms with Crippen LogP contribution in [0.3, 0.4) is 0 Å². The summed E-state index contributed by atoms with van der Waals surface area (Å²) in [6.07, 6.45) is -0.692. The first-order valence-corrected chi connectivity index (χ1v) is 3.68. The van der Waals surface area contributed by atoms with Gasteiger partial charge in [0.25, 0.3) is 0 Å². The molecule has 0 saturated heterocycles. The standard InChI is InChI=1S/C5H9N5O4/c11-3(12)1-10(2-4(13)14)5-6-8-9-7-5/h5H,1-2H2,(H,6,9)(H,7,8)(H,11,12)(H,13,14). The van der Waals surface area contributed by atoms with Gasteiger partial charge in [-0.2, -0.15) is 0 Å². The molecule has 0 fully saturated rings. The van der Waals surface area contributed by atoms with E-state index in [0.29, 0.717) is 0 Å². The lowest BCUT2D eigenvalue weighted by Crippen LogP contribution is -2.52. The Hall–Kier alpha value is -1.90. The summed E-state index contributed by atoms with van der Waals surface area (Å²) in [6, 6.07) is 0.